The molecule has 0 spiro atoms. The largest absolute Gasteiger partial charge is 0.456 e. The van der Waals surface area contributed by atoms with Gasteiger partial charge < -0.3 is 18.5 Å². The van der Waals surface area contributed by atoms with E-state index in [4.69, 9.17) is 4.42 Å². The Bertz CT molecular complexity index is 3430. The molecule has 0 bridgehead atoms. The number of rotatable bonds is 5. The molecule has 0 radical (unpaired) electrons. The van der Waals surface area contributed by atoms with Crippen LogP contribution < -0.4 is 4.90 Å². The van der Waals surface area contributed by atoms with Gasteiger partial charge in [-0.05, 0) is 109 Å². The Morgan fingerprint density at radius 3 is 1.79 bits per heavy atom. The topological polar surface area (TPSA) is 26.2 Å². The molecule has 1 aliphatic carbocycles. The van der Waals surface area contributed by atoms with Crippen LogP contribution in [0.5, 0.6) is 0 Å². The smallest absolute Gasteiger partial charge is 0.137 e. The molecule has 264 valence electrons. The Balaban J connectivity index is 1.05. The highest BCUT2D eigenvalue weighted by Crippen LogP contribution is 2.43. The van der Waals surface area contributed by atoms with Crippen molar-refractivity contribution in [3.8, 4) is 5.69 Å². The number of para-hydroxylation sites is 4. The Morgan fingerprint density at radius 2 is 1.00 bits per heavy atom. The summed E-state index contributed by atoms with van der Waals surface area (Å²) in [5, 5.41) is 9.83. The second-order valence-corrected chi connectivity index (χ2v) is 14.9. The maximum absolute atomic E-state index is 6.46. The van der Waals surface area contributed by atoms with E-state index >= 15 is 0 Å². The second kappa shape index (κ2) is 12.1. The van der Waals surface area contributed by atoms with Gasteiger partial charge in [0.2, 0.25) is 0 Å². The number of benzene rings is 8. The van der Waals surface area contributed by atoms with Crippen molar-refractivity contribution in [1.29, 1.82) is 0 Å². The van der Waals surface area contributed by atoms with Gasteiger partial charge in [-0.2, -0.15) is 0 Å². The number of hydrogen-bond acceptors (Lipinski definition) is 2. The standard InChI is InChI=1S/C52H35N3O/c1-2-14-36(15-3-1)54-47-19-9-7-17-42(47)46-32-39(27-29-49(46)54)53(40-26-28-44-43-18-8-11-21-51(43)56-52(44)33-40)37-22-24-38(25-23-37)55-48-20-10-6-16-41(48)45-30-34-12-4-5-13-35(34)31-50(45)55/h1-22,24,26-33H,23,25H2. The molecule has 0 fully saturated rings. The number of fused-ring (bicyclic) bond motifs is 10. The maximum Gasteiger partial charge on any atom is 0.137 e. The molecule has 0 saturated carbocycles. The summed E-state index contributed by atoms with van der Waals surface area (Å²) in [7, 11) is 0. The van der Waals surface area contributed by atoms with Crippen molar-refractivity contribution in [1.82, 2.24) is 9.13 Å². The van der Waals surface area contributed by atoms with E-state index < -0.39 is 0 Å². The molecule has 3 heterocycles. The predicted molar refractivity (Wildman–Crippen MR) is 235 cm³/mol. The van der Waals surface area contributed by atoms with E-state index in [1.54, 1.807) is 0 Å². The molecule has 12 rings (SSSR count). The lowest BCUT2D eigenvalue weighted by Crippen LogP contribution is -2.18. The van der Waals surface area contributed by atoms with Crippen LogP contribution in [0.25, 0.3) is 87.7 Å². The fraction of sp³-hybridized carbons (Fsp3) is 0.0385. The fourth-order valence-electron chi connectivity index (χ4n) is 9.24. The monoisotopic (exact) mass is 717 g/mol. The fourth-order valence-corrected chi connectivity index (χ4v) is 9.24. The highest BCUT2D eigenvalue weighted by molar-refractivity contribution is 6.15. The SMILES string of the molecule is C1=C(N(c2ccc3c(c2)oc2ccccc23)c2ccc3c(c2)c2ccccc2n3-c2ccccc2)CCC(n2c3ccccc3c3cc4ccccc4cc32)=C1. The summed E-state index contributed by atoms with van der Waals surface area (Å²) in [4.78, 5) is 2.44. The second-order valence-electron chi connectivity index (χ2n) is 14.9. The van der Waals surface area contributed by atoms with Crippen LogP contribution >= 0.6 is 0 Å². The molecule has 0 aliphatic heterocycles. The summed E-state index contributed by atoms with van der Waals surface area (Å²) in [5.74, 6) is 0. The first-order chi connectivity index (χ1) is 27.8. The van der Waals surface area contributed by atoms with Crippen molar-refractivity contribution in [2.45, 2.75) is 12.8 Å². The molecule has 4 nitrogen and oxygen atoms in total. The van der Waals surface area contributed by atoms with Crippen molar-refractivity contribution in [3.05, 3.63) is 194 Å². The van der Waals surface area contributed by atoms with E-state index in [1.165, 1.54) is 65.8 Å². The summed E-state index contributed by atoms with van der Waals surface area (Å²) in [6, 6.07) is 63.6. The van der Waals surface area contributed by atoms with Crippen LogP contribution in [-0.4, -0.2) is 9.13 Å². The molecule has 11 aromatic rings. The summed E-state index contributed by atoms with van der Waals surface area (Å²) >= 11 is 0. The van der Waals surface area contributed by atoms with Crippen molar-refractivity contribution in [2.24, 2.45) is 0 Å². The zero-order chi connectivity index (χ0) is 36.7. The first-order valence-electron chi connectivity index (χ1n) is 19.4. The van der Waals surface area contributed by atoms with E-state index in [9.17, 15) is 0 Å². The Labute approximate surface area is 323 Å². The molecule has 0 atom stereocenters. The van der Waals surface area contributed by atoms with Gasteiger partial charge in [-0.15, -0.1) is 0 Å². The van der Waals surface area contributed by atoms with E-state index in [0.29, 0.717) is 0 Å². The molecule has 4 heteroatoms. The minimum absolute atomic E-state index is 0.870. The van der Waals surface area contributed by atoms with Crippen molar-refractivity contribution >= 4 is 93.4 Å². The quantitative estimate of drug-likeness (QED) is 0.177. The van der Waals surface area contributed by atoms with Gasteiger partial charge >= 0.3 is 0 Å². The number of furan rings is 1. The summed E-state index contributed by atoms with van der Waals surface area (Å²) in [6.07, 6.45) is 6.44. The summed E-state index contributed by atoms with van der Waals surface area (Å²) in [5.41, 5.74) is 12.6. The normalized spacial score (nSPS) is 13.4. The molecule has 0 N–H and O–H groups in total. The average Bonchev–Trinajstić information content (AvgIpc) is 3.90. The van der Waals surface area contributed by atoms with Gasteiger partial charge in [0, 0.05) is 66.8 Å². The van der Waals surface area contributed by atoms with E-state index in [2.05, 4.69) is 196 Å². The van der Waals surface area contributed by atoms with Crippen LogP contribution in [-0.2, 0) is 0 Å². The first-order valence-corrected chi connectivity index (χ1v) is 19.4. The summed E-state index contributed by atoms with van der Waals surface area (Å²) < 4.78 is 11.3. The van der Waals surface area contributed by atoms with E-state index in [0.717, 1.165) is 51.8 Å². The van der Waals surface area contributed by atoms with Gasteiger partial charge in [-0.3, -0.25) is 0 Å². The average molecular weight is 718 g/mol. The zero-order valence-corrected chi connectivity index (χ0v) is 30.6. The predicted octanol–water partition coefficient (Wildman–Crippen LogP) is 14.3. The van der Waals surface area contributed by atoms with Gasteiger partial charge in [0.25, 0.3) is 0 Å². The Morgan fingerprint density at radius 1 is 0.393 bits per heavy atom. The van der Waals surface area contributed by atoms with Crippen molar-refractivity contribution < 1.29 is 4.42 Å². The lowest BCUT2D eigenvalue weighted by molar-refractivity contribution is 0.669. The Kier molecular flexibility index (Phi) is 6.72. The molecule has 1 aliphatic rings. The first kappa shape index (κ1) is 31.1. The van der Waals surface area contributed by atoms with Crippen molar-refractivity contribution in [3.63, 3.8) is 0 Å². The number of aromatic nitrogens is 2. The highest BCUT2D eigenvalue weighted by Gasteiger charge is 2.23. The van der Waals surface area contributed by atoms with Crippen LogP contribution in [0.4, 0.5) is 11.4 Å². The number of hydrogen-bond donors (Lipinski definition) is 0. The van der Waals surface area contributed by atoms with Crippen LogP contribution in [0.3, 0.4) is 0 Å². The van der Waals surface area contributed by atoms with Crippen LogP contribution in [0.15, 0.2) is 198 Å². The Hall–Kier alpha value is -7.30. The third-order valence-electron chi connectivity index (χ3n) is 11.8. The lowest BCUT2D eigenvalue weighted by atomic mass is 10.0. The van der Waals surface area contributed by atoms with E-state index in [1.807, 2.05) is 6.07 Å². The van der Waals surface area contributed by atoms with Gasteiger partial charge in [0.05, 0.1) is 22.1 Å². The number of anilines is 2. The molecule has 0 saturated heterocycles. The zero-order valence-electron chi connectivity index (χ0n) is 30.6. The van der Waals surface area contributed by atoms with Gasteiger partial charge in [0.1, 0.15) is 11.2 Å². The van der Waals surface area contributed by atoms with Gasteiger partial charge in [0.15, 0.2) is 0 Å². The number of allylic oxidation sites excluding steroid dienone is 4. The molecular formula is C52H35N3O. The van der Waals surface area contributed by atoms with E-state index in [-0.39, 0.29) is 0 Å². The van der Waals surface area contributed by atoms with Crippen molar-refractivity contribution in [2.75, 3.05) is 4.90 Å². The molecule has 3 aromatic heterocycles. The minimum Gasteiger partial charge on any atom is -0.456 e. The molecule has 56 heavy (non-hydrogen) atoms. The third kappa shape index (κ3) is 4.66. The minimum atomic E-state index is 0.870. The molecule has 0 amide bonds. The highest BCUT2D eigenvalue weighted by atomic mass is 16.3. The molecule has 8 aromatic carbocycles. The maximum atomic E-state index is 6.46. The third-order valence-corrected chi connectivity index (χ3v) is 11.8. The number of nitrogens with zero attached hydrogens (tertiary/aromatic N) is 3. The van der Waals surface area contributed by atoms with Crippen LogP contribution in [0.2, 0.25) is 0 Å². The van der Waals surface area contributed by atoms with Crippen LogP contribution in [0, 0.1) is 0 Å². The molecule has 0 unspecified atom stereocenters. The molecular weight excluding hydrogens is 683 g/mol. The van der Waals surface area contributed by atoms with Gasteiger partial charge in [-0.1, -0.05) is 97.1 Å². The van der Waals surface area contributed by atoms with Gasteiger partial charge in [-0.25, -0.2) is 0 Å². The summed E-state index contributed by atoms with van der Waals surface area (Å²) in [6.45, 7) is 0. The van der Waals surface area contributed by atoms with Crippen LogP contribution in [0.1, 0.15) is 12.8 Å². The lowest BCUT2D eigenvalue weighted by Gasteiger charge is -2.30.